The summed E-state index contributed by atoms with van der Waals surface area (Å²) >= 11 is 0. The second-order valence-electron chi connectivity index (χ2n) is 9.71. The van der Waals surface area contributed by atoms with Gasteiger partial charge in [-0.25, -0.2) is 0 Å². The largest absolute Gasteiger partial charge is 0.491 e. The zero-order chi connectivity index (χ0) is 20.5. The van der Waals surface area contributed by atoms with Crippen molar-refractivity contribution in [3.8, 4) is 5.75 Å². The van der Waals surface area contributed by atoms with Gasteiger partial charge >= 0.3 is 0 Å². The molecule has 2 aliphatic carbocycles. The first kappa shape index (κ1) is 22.7. The molecule has 2 aliphatic rings. The SMILES string of the molecule is CCCC(CC)c1ccc(OCCOC(C)CC2CCC3CCCCC3C2)cc1. The van der Waals surface area contributed by atoms with Crippen LogP contribution >= 0.6 is 0 Å². The molecule has 2 heteroatoms. The molecular formula is C27H44O2. The maximum absolute atomic E-state index is 6.09. The van der Waals surface area contributed by atoms with Crippen LogP contribution in [0.3, 0.4) is 0 Å². The third-order valence-corrected chi connectivity index (χ3v) is 7.55. The standard InChI is InChI=1S/C27H44O2/c1-4-8-23(5-2)25-13-15-27(16-14-25)29-18-17-28-21(3)19-22-11-12-24-9-6-7-10-26(24)20-22/h13-16,21-24,26H,4-12,17-20H2,1-3H3. The second kappa shape index (κ2) is 12.0. The predicted octanol–water partition coefficient (Wildman–Crippen LogP) is 7.76. The fourth-order valence-corrected chi connectivity index (χ4v) is 5.92. The van der Waals surface area contributed by atoms with Crippen molar-refractivity contribution in [2.75, 3.05) is 13.2 Å². The molecule has 5 unspecified atom stereocenters. The highest BCUT2D eigenvalue weighted by molar-refractivity contribution is 5.29. The fourth-order valence-electron chi connectivity index (χ4n) is 5.92. The van der Waals surface area contributed by atoms with Gasteiger partial charge in [0.1, 0.15) is 12.4 Å². The van der Waals surface area contributed by atoms with E-state index in [0.717, 1.165) is 23.5 Å². The second-order valence-corrected chi connectivity index (χ2v) is 9.71. The summed E-state index contributed by atoms with van der Waals surface area (Å²) in [6, 6.07) is 8.73. The van der Waals surface area contributed by atoms with Gasteiger partial charge in [0, 0.05) is 0 Å². The van der Waals surface area contributed by atoms with Crippen molar-refractivity contribution in [3.63, 3.8) is 0 Å². The molecule has 0 spiro atoms. The van der Waals surface area contributed by atoms with Crippen LogP contribution in [0.5, 0.6) is 5.75 Å². The summed E-state index contributed by atoms with van der Waals surface area (Å²) in [6.45, 7) is 8.13. The van der Waals surface area contributed by atoms with Crippen LogP contribution in [-0.2, 0) is 4.74 Å². The molecule has 164 valence electrons. The van der Waals surface area contributed by atoms with Crippen LogP contribution < -0.4 is 4.74 Å². The van der Waals surface area contributed by atoms with E-state index in [2.05, 4.69) is 45.0 Å². The molecule has 1 aromatic carbocycles. The van der Waals surface area contributed by atoms with Crippen molar-refractivity contribution in [2.24, 2.45) is 17.8 Å². The Kier molecular flexibility index (Phi) is 9.36. The maximum atomic E-state index is 6.09. The summed E-state index contributed by atoms with van der Waals surface area (Å²) < 4.78 is 12.0. The van der Waals surface area contributed by atoms with Gasteiger partial charge < -0.3 is 9.47 Å². The molecule has 2 nitrogen and oxygen atoms in total. The lowest BCUT2D eigenvalue weighted by molar-refractivity contribution is 0.0173. The van der Waals surface area contributed by atoms with E-state index in [4.69, 9.17) is 9.47 Å². The highest BCUT2D eigenvalue weighted by Crippen LogP contribution is 2.43. The predicted molar refractivity (Wildman–Crippen MR) is 123 cm³/mol. The molecule has 29 heavy (non-hydrogen) atoms. The van der Waals surface area contributed by atoms with Gasteiger partial charge in [0.2, 0.25) is 0 Å². The molecular weight excluding hydrogens is 356 g/mol. The van der Waals surface area contributed by atoms with Crippen molar-refractivity contribution in [1.82, 2.24) is 0 Å². The van der Waals surface area contributed by atoms with E-state index in [1.165, 1.54) is 76.2 Å². The molecule has 0 aliphatic heterocycles. The van der Waals surface area contributed by atoms with Gasteiger partial charge in [-0.15, -0.1) is 0 Å². The molecule has 5 atom stereocenters. The molecule has 0 aromatic heterocycles. The van der Waals surface area contributed by atoms with Gasteiger partial charge in [0.25, 0.3) is 0 Å². The lowest BCUT2D eigenvalue weighted by Gasteiger charge is -2.40. The Morgan fingerprint density at radius 1 is 0.931 bits per heavy atom. The summed E-state index contributed by atoms with van der Waals surface area (Å²) in [5.74, 6) is 4.59. The van der Waals surface area contributed by atoms with Crippen molar-refractivity contribution < 1.29 is 9.47 Å². The molecule has 0 radical (unpaired) electrons. The molecule has 1 aromatic rings. The number of hydrogen-bond acceptors (Lipinski definition) is 2. The van der Waals surface area contributed by atoms with Gasteiger partial charge in [0.15, 0.2) is 0 Å². The van der Waals surface area contributed by atoms with Crippen molar-refractivity contribution in [1.29, 1.82) is 0 Å². The fraction of sp³-hybridized carbons (Fsp3) is 0.778. The smallest absolute Gasteiger partial charge is 0.119 e. The zero-order valence-corrected chi connectivity index (χ0v) is 19.2. The van der Waals surface area contributed by atoms with Gasteiger partial charge in [-0.2, -0.15) is 0 Å². The Bertz CT molecular complexity index is 566. The summed E-state index contributed by atoms with van der Waals surface area (Å²) in [5, 5.41) is 0. The van der Waals surface area contributed by atoms with E-state index < -0.39 is 0 Å². The monoisotopic (exact) mass is 400 g/mol. The molecule has 2 fully saturated rings. The van der Waals surface area contributed by atoms with E-state index >= 15 is 0 Å². The Hall–Kier alpha value is -1.02. The molecule has 0 N–H and O–H groups in total. The zero-order valence-electron chi connectivity index (χ0n) is 19.2. The van der Waals surface area contributed by atoms with Gasteiger partial charge in [0.05, 0.1) is 12.7 Å². The van der Waals surface area contributed by atoms with Crippen molar-refractivity contribution in [2.45, 2.75) is 103 Å². The van der Waals surface area contributed by atoms with Crippen LogP contribution in [-0.4, -0.2) is 19.3 Å². The summed E-state index contributed by atoms with van der Waals surface area (Å²) in [4.78, 5) is 0. The first-order valence-corrected chi connectivity index (χ1v) is 12.5. The quantitative estimate of drug-likeness (QED) is 0.353. The number of hydrogen-bond donors (Lipinski definition) is 0. The van der Waals surface area contributed by atoms with Gasteiger partial charge in [-0.05, 0) is 80.4 Å². The Morgan fingerprint density at radius 2 is 1.69 bits per heavy atom. The number of rotatable bonds is 11. The van der Waals surface area contributed by atoms with Crippen LogP contribution in [0.2, 0.25) is 0 Å². The van der Waals surface area contributed by atoms with Crippen molar-refractivity contribution in [3.05, 3.63) is 29.8 Å². The van der Waals surface area contributed by atoms with E-state index in [9.17, 15) is 0 Å². The first-order valence-electron chi connectivity index (χ1n) is 12.5. The molecule has 3 rings (SSSR count). The Balaban J connectivity index is 1.32. The number of fused-ring (bicyclic) bond motifs is 1. The molecule has 0 amide bonds. The van der Waals surface area contributed by atoms with E-state index in [-0.39, 0.29) is 0 Å². The number of benzene rings is 1. The van der Waals surface area contributed by atoms with Crippen molar-refractivity contribution >= 4 is 0 Å². The van der Waals surface area contributed by atoms with Crippen LogP contribution in [0.1, 0.15) is 103 Å². The van der Waals surface area contributed by atoms with Crippen LogP contribution in [0.4, 0.5) is 0 Å². The molecule has 2 saturated carbocycles. The molecule has 0 heterocycles. The minimum absolute atomic E-state index is 0.352. The Morgan fingerprint density at radius 3 is 2.41 bits per heavy atom. The van der Waals surface area contributed by atoms with Crippen LogP contribution in [0.25, 0.3) is 0 Å². The summed E-state index contributed by atoms with van der Waals surface area (Å²) in [6.07, 6.45) is 15.6. The average molecular weight is 401 g/mol. The van der Waals surface area contributed by atoms with E-state index in [1.54, 1.807) is 0 Å². The topological polar surface area (TPSA) is 18.5 Å². The van der Waals surface area contributed by atoms with Gasteiger partial charge in [-0.3, -0.25) is 0 Å². The van der Waals surface area contributed by atoms with Gasteiger partial charge in [-0.1, -0.05) is 64.5 Å². The van der Waals surface area contributed by atoms with E-state index in [1.807, 2.05) is 0 Å². The average Bonchev–Trinajstić information content (AvgIpc) is 2.75. The maximum Gasteiger partial charge on any atom is 0.119 e. The summed E-state index contributed by atoms with van der Waals surface area (Å²) in [7, 11) is 0. The van der Waals surface area contributed by atoms with Crippen LogP contribution in [0.15, 0.2) is 24.3 Å². The first-order chi connectivity index (χ1) is 14.2. The lowest BCUT2D eigenvalue weighted by atomic mass is 9.67. The minimum atomic E-state index is 0.352. The summed E-state index contributed by atoms with van der Waals surface area (Å²) in [5.41, 5.74) is 1.44. The normalized spacial score (nSPS) is 26.5. The lowest BCUT2D eigenvalue weighted by Crippen LogP contribution is -2.29. The minimum Gasteiger partial charge on any atom is -0.491 e. The molecule has 0 bridgehead atoms. The third kappa shape index (κ3) is 7.02. The molecule has 0 saturated heterocycles. The van der Waals surface area contributed by atoms with Crippen LogP contribution in [0, 0.1) is 17.8 Å². The highest BCUT2D eigenvalue weighted by atomic mass is 16.5. The third-order valence-electron chi connectivity index (χ3n) is 7.55. The highest BCUT2D eigenvalue weighted by Gasteiger charge is 2.32. The Labute approximate surface area is 179 Å². The van der Waals surface area contributed by atoms with E-state index in [0.29, 0.717) is 25.2 Å². The number of ether oxygens (including phenoxy) is 2.